The summed E-state index contributed by atoms with van der Waals surface area (Å²) in [7, 11) is 0. The van der Waals surface area contributed by atoms with Gasteiger partial charge >= 0.3 is 0 Å². The SMILES string of the molecule is CCNC(=O)c1ccc(CN=C(NCC)NCCCOC2CCCCC2)cc1. The maximum Gasteiger partial charge on any atom is 0.251 e. The highest BCUT2D eigenvalue weighted by Gasteiger charge is 2.13. The van der Waals surface area contributed by atoms with Crippen molar-refractivity contribution in [1.82, 2.24) is 16.0 Å². The van der Waals surface area contributed by atoms with Gasteiger partial charge in [0.2, 0.25) is 0 Å². The van der Waals surface area contributed by atoms with Gasteiger partial charge in [-0.15, -0.1) is 0 Å². The molecule has 1 aromatic carbocycles. The van der Waals surface area contributed by atoms with E-state index in [1.165, 1.54) is 32.1 Å². The Morgan fingerprint density at radius 2 is 1.75 bits per heavy atom. The number of guanidine groups is 1. The summed E-state index contributed by atoms with van der Waals surface area (Å²) < 4.78 is 5.97. The van der Waals surface area contributed by atoms with Crippen LogP contribution in [0.25, 0.3) is 0 Å². The molecule has 1 aromatic rings. The van der Waals surface area contributed by atoms with Crippen LogP contribution in [0.15, 0.2) is 29.3 Å². The smallest absolute Gasteiger partial charge is 0.251 e. The van der Waals surface area contributed by atoms with E-state index in [0.29, 0.717) is 24.8 Å². The Morgan fingerprint density at radius 3 is 2.43 bits per heavy atom. The molecule has 0 unspecified atom stereocenters. The first-order valence-corrected chi connectivity index (χ1v) is 10.7. The summed E-state index contributed by atoms with van der Waals surface area (Å²) in [6.45, 7) is 7.65. The molecular formula is C22H36N4O2. The molecule has 0 atom stereocenters. The second-order valence-corrected chi connectivity index (χ2v) is 7.16. The first-order valence-electron chi connectivity index (χ1n) is 10.7. The molecule has 1 aliphatic carbocycles. The van der Waals surface area contributed by atoms with Crippen molar-refractivity contribution in [2.75, 3.05) is 26.2 Å². The number of benzene rings is 1. The van der Waals surface area contributed by atoms with Crippen molar-refractivity contribution in [3.05, 3.63) is 35.4 Å². The molecule has 0 saturated heterocycles. The standard InChI is InChI=1S/C22H36N4O2/c1-3-23-21(27)19-13-11-18(12-14-19)17-26-22(24-4-2)25-15-8-16-28-20-9-6-5-7-10-20/h11-14,20H,3-10,15-17H2,1-2H3,(H,23,27)(H2,24,25,26). The summed E-state index contributed by atoms with van der Waals surface area (Å²) in [6, 6.07) is 7.60. The lowest BCUT2D eigenvalue weighted by Gasteiger charge is -2.22. The van der Waals surface area contributed by atoms with Crippen LogP contribution in [0.2, 0.25) is 0 Å². The van der Waals surface area contributed by atoms with Gasteiger partial charge in [0.1, 0.15) is 0 Å². The molecule has 0 aliphatic heterocycles. The first-order chi connectivity index (χ1) is 13.7. The molecule has 0 bridgehead atoms. The maximum atomic E-state index is 11.8. The monoisotopic (exact) mass is 388 g/mol. The van der Waals surface area contributed by atoms with E-state index in [1.807, 2.05) is 31.2 Å². The van der Waals surface area contributed by atoms with E-state index in [1.54, 1.807) is 0 Å². The molecule has 0 radical (unpaired) electrons. The number of nitrogens with one attached hydrogen (secondary N) is 3. The predicted molar refractivity (Wildman–Crippen MR) is 115 cm³/mol. The highest BCUT2D eigenvalue weighted by Crippen LogP contribution is 2.20. The van der Waals surface area contributed by atoms with E-state index in [4.69, 9.17) is 4.74 Å². The fourth-order valence-corrected chi connectivity index (χ4v) is 3.30. The van der Waals surface area contributed by atoms with Crippen LogP contribution >= 0.6 is 0 Å². The zero-order valence-corrected chi connectivity index (χ0v) is 17.4. The Balaban J connectivity index is 1.72. The molecule has 1 amide bonds. The number of carbonyl (C=O) groups excluding carboxylic acids is 1. The molecule has 28 heavy (non-hydrogen) atoms. The third-order valence-electron chi connectivity index (χ3n) is 4.84. The van der Waals surface area contributed by atoms with Gasteiger partial charge in [0.15, 0.2) is 5.96 Å². The molecule has 0 aromatic heterocycles. The van der Waals surface area contributed by atoms with E-state index >= 15 is 0 Å². The Morgan fingerprint density at radius 1 is 1.04 bits per heavy atom. The predicted octanol–water partition coefficient (Wildman–Crippen LogP) is 3.23. The van der Waals surface area contributed by atoms with Crippen LogP contribution in [0, 0.1) is 0 Å². The zero-order chi connectivity index (χ0) is 20.0. The van der Waals surface area contributed by atoms with Crippen molar-refractivity contribution < 1.29 is 9.53 Å². The van der Waals surface area contributed by atoms with E-state index in [9.17, 15) is 4.79 Å². The lowest BCUT2D eigenvalue weighted by atomic mass is 9.98. The molecule has 0 heterocycles. The topological polar surface area (TPSA) is 74.8 Å². The van der Waals surface area contributed by atoms with Gasteiger partial charge in [0, 0.05) is 31.8 Å². The minimum atomic E-state index is -0.0389. The van der Waals surface area contributed by atoms with Crippen molar-refractivity contribution in [3.63, 3.8) is 0 Å². The van der Waals surface area contributed by atoms with Gasteiger partial charge in [0.25, 0.3) is 5.91 Å². The summed E-state index contributed by atoms with van der Waals surface area (Å²) in [6.07, 6.45) is 7.86. The van der Waals surface area contributed by atoms with Crippen LogP contribution in [0.1, 0.15) is 68.3 Å². The average Bonchev–Trinajstić information content (AvgIpc) is 2.73. The second kappa shape index (κ2) is 13.2. The number of nitrogens with zero attached hydrogens (tertiary/aromatic N) is 1. The summed E-state index contributed by atoms with van der Waals surface area (Å²) in [5, 5.41) is 9.45. The van der Waals surface area contributed by atoms with E-state index in [2.05, 4.69) is 27.9 Å². The van der Waals surface area contributed by atoms with Crippen molar-refractivity contribution in [2.45, 2.75) is 65.0 Å². The number of hydrogen-bond donors (Lipinski definition) is 3. The van der Waals surface area contributed by atoms with Crippen molar-refractivity contribution >= 4 is 11.9 Å². The van der Waals surface area contributed by atoms with Crippen molar-refractivity contribution in [3.8, 4) is 0 Å². The first kappa shape index (κ1) is 22.2. The normalized spacial score (nSPS) is 15.3. The molecule has 6 heteroatoms. The number of carbonyl (C=O) groups is 1. The van der Waals surface area contributed by atoms with Gasteiger partial charge in [-0.1, -0.05) is 31.4 Å². The lowest BCUT2D eigenvalue weighted by molar-refractivity contribution is 0.0277. The molecule has 156 valence electrons. The Bertz CT molecular complexity index is 595. The van der Waals surface area contributed by atoms with Crippen LogP contribution in [0.4, 0.5) is 0 Å². The largest absolute Gasteiger partial charge is 0.378 e. The molecule has 3 N–H and O–H groups in total. The van der Waals surface area contributed by atoms with Gasteiger partial charge < -0.3 is 20.7 Å². The van der Waals surface area contributed by atoms with Crippen LogP contribution < -0.4 is 16.0 Å². The van der Waals surface area contributed by atoms with E-state index in [0.717, 1.165) is 37.6 Å². The highest BCUT2D eigenvalue weighted by molar-refractivity contribution is 5.94. The maximum absolute atomic E-state index is 11.8. The van der Waals surface area contributed by atoms with Crippen LogP contribution in [0.5, 0.6) is 0 Å². The summed E-state index contributed by atoms with van der Waals surface area (Å²) in [4.78, 5) is 16.4. The number of rotatable bonds is 10. The quantitative estimate of drug-likeness (QED) is 0.327. The van der Waals surface area contributed by atoms with E-state index in [-0.39, 0.29) is 5.91 Å². The van der Waals surface area contributed by atoms with Crippen LogP contribution in [-0.2, 0) is 11.3 Å². The van der Waals surface area contributed by atoms with Crippen molar-refractivity contribution in [1.29, 1.82) is 0 Å². The van der Waals surface area contributed by atoms with Gasteiger partial charge in [-0.2, -0.15) is 0 Å². The molecule has 0 spiro atoms. The summed E-state index contributed by atoms with van der Waals surface area (Å²) in [5.74, 6) is 0.774. The fourth-order valence-electron chi connectivity index (χ4n) is 3.30. The lowest BCUT2D eigenvalue weighted by Crippen LogP contribution is -2.38. The number of aliphatic imine (C=N–C) groups is 1. The minimum Gasteiger partial charge on any atom is -0.378 e. The molecular weight excluding hydrogens is 352 g/mol. The number of ether oxygens (including phenoxy) is 1. The van der Waals surface area contributed by atoms with Gasteiger partial charge in [-0.05, 0) is 50.8 Å². The van der Waals surface area contributed by atoms with Gasteiger partial charge in [-0.25, -0.2) is 4.99 Å². The fraction of sp³-hybridized carbons (Fsp3) is 0.636. The Labute approximate surface area is 169 Å². The van der Waals surface area contributed by atoms with Crippen LogP contribution in [-0.4, -0.2) is 44.2 Å². The molecule has 1 fully saturated rings. The summed E-state index contributed by atoms with van der Waals surface area (Å²) >= 11 is 0. The molecule has 1 aliphatic rings. The second-order valence-electron chi connectivity index (χ2n) is 7.16. The van der Waals surface area contributed by atoms with Gasteiger partial charge in [0.05, 0.1) is 12.6 Å². The Hall–Kier alpha value is -2.08. The third kappa shape index (κ3) is 8.30. The van der Waals surface area contributed by atoms with Gasteiger partial charge in [-0.3, -0.25) is 4.79 Å². The molecule has 1 saturated carbocycles. The highest BCUT2D eigenvalue weighted by atomic mass is 16.5. The Kier molecular flexibility index (Phi) is 10.4. The number of amides is 1. The minimum absolute atomic E-state index is 0.0389. The average molecular weight is 389 g/mol. The molecule has 6 nitrogen and oxygen atoms in total. The molecule has 2 rings (SSSR count). The van der Waals surface area contributed by atoms with Crippen LogP contribution in [0.3, 0.4) is 0 Å². The number of hydrogen-bond acceptors (Lipinski definition) is 3. The van der Waals surface area contributed by atoms with E-state index < -0.39 is 0 Å². The third-order valence-corrected chi connectivity index (χ3v) is 4.84. The summed E-state index contributed by atoms with van der Waals surface area (Å²) in [5.41, 5.74) is 1.75. The zero-order valence-electron chi connectivity index (χ0n) is 17.4. The van der Waals surface area contributed by atoms with Crippen molar-refractivity contribution in [2.24, 2.45) is 4.99 Å².